The van der Waals surface area contributed by atoms with Crippen LogP contribution in [-0.2, 0) is 6.54 Å². The molecule has 0 radical (unpaired) electrons. The van der Waals surface area contributed by atoms with E-state index in [1.54, 1.807) is 6.21 Å². The van der Waals surface area contributed by atoms with Gasteiger partial charge in [0.1, 0.15) is 0 Å². The topological polar surface area (TPSA) is 81.7 Å². The van der Waals surface area contributed by atoms with Crippen molar-refractivity contribution in [3.63, 3.8) is 0 Å². The van der Waals surface area contributed by atoms with Gasteiger partial charge in [-0.25, -0.2) is 0 Å². The Labute approximate surface area is 177 Å². The van der Waals surface area contributed by atoms with E-state index in [0.717, 1.165) is 27.5 Å². The maximum Gasteiger partial charge on any atom is 0.211 e. The third-order valence-electron chi connectivity index (χ3n) is 4.46. The van der Waals surface area contributed by atoms with Crippen LogP contribution in [0.4, 0.5) is 0 Å². The summed E-state index contributed by atoms with van der Waals surface area (Å²) in [6, 6.07) is 21.0. The first-order valence-corrected chi connectivity index (χ1v) is 9.28. The normalized spacial score (nSPS) is 11.0. The summed E-state index contributed by atoms with van der Waals surface area (Å²) >= 11 is 3.55. The summed E-state index contributed by atoms with van der Waals surface area (Å²) in [6.45, 7) is 0.760. The molecule has 0 aliphatic carbocycles. The Morgan fingerprint density at radius 3 is 2.61 bits per heavy atom. The van der Waals surface area contributed by atoms with Gasteiger partial charge in [0.15, 0.2) is 0 Å². The van der Waals surface area contributed by atoms with Crippen LogP contribution in [0.25, 0.3) is 21.7 Å². The molecular formula is C21H19BrClN5. The van der Waals surface area contributed by atoms with Gasteiger partial charge in [-0.05, 0) is 34.5 Å². The molecule has 0 fully saturated rings. The Balaban J connectivity index is 0.00000225. The standard InChI is InChI=1S/C21H18BrN5.ClH/c22-17-8-9-20-19(10-17)16(11-25-26-21(23)24)13-27(20)12-15-6-3-5-14-4-1-2-7-18(14)15;/h1-11,13H,12H2,(H4,23,24,26);1H/b25-11+;. The molecule has 0 bridgehead atoms. The third-order valence-corrected chi connectivity index (χ3v) is 4.96. The number of hydrogen-bond donors (Lipinski definition) is 2. The molecule has 0 spiro atoms. The van der Waals surface area contributed by atoms with Gasteiger partial charge in [0.25, 0.3) is 0 Å². The maximum absolute atomic E-state index is 5.35. The summed E-state index contributed by atoms with van der Waals surface area (Å²) in [4.78, 5) is 0. The Bertz CT molecular complexity index is 1190. The summed E-state index contributed by atoms with van der Waals surface area (Å²) in [5, 5.41) is 11.3. The molecule has 4 aromatic rings. The molecule has 28 heavy (non-hydrogen) atoms. The van der Waals surface area contributed by atoms with Gasteiger partial charge in [0.2, 0.25) is 5.96 Å². The lowest BCUT2D eigenvalue weighted by molar-refractivity contribution is 0.842. The van der Waals surface area contributed by atoms with Gasteiger partial charge in [0.05, 0.1) is 6.21 Å². The lowest BCUT2D eigenvalue weighted by Crippen LogP contribution is -2.21. The molecule has 0 amide bonds. The van der Waals surface area contributed by atoms with Gasteiger partial charge < -0.3 is 16.0 Å². The maximum atomic E-state index is 5.35. The molecule has 0 saturated heterocycles. The number of guanidine groups is 1. The lowest BCUT2D eigenvalue weighted by Gasteiger charge is -2.09. The molecule has 1 aromatic heterocycles. The monoisotopic (exact) mass is 455 g/mol. The van der Waals surface area contributed by atoms with Crippen LogP contribution in [0.2, 0.25) is 0 Å². The van der Waals surface area contributed by atoms with Crippen LogP contribution >= 0.6 is 28.3 Å². The number of nitrogens with two attached hydrogens (primary N) is 2. The second-order valence-electron chi connectivity index (χ2n) is 6.28. The molecule has 7 heteroatoms. The minimum Gasteiger partial charge on any atom is -0.369 e. The third kappa shape index (κ3) is 4.03. The van der Waals surface area contributed by atoms with Crippen LogP contribution < -0.4 is 11.5 Å². The van der Waals surface area contributed by atoms with E-state index >= 15 is 0 Å². The van der Waals surface area contributed by atoms with E-state index in [1.807, 2.05) is 6.07 Å². The summed E-state index contributed by atoms with van der Waals surface area (Å²) in [7, 11) is 0. The van der Waals surface area contributed by atoms with Gasteiger partial charge in [0, 0.05) is 33.7 Å². The molecule has 5 nitrogen and oxygen atoms in total. The molecule has 3 aromatic carbocycles. The SMILES string of the molecule is Cl.NC(N)=N/N=C/c1cn(Cc2cccc3ccccc23)c2ccc(Br)cc12. The molecule has 0 aliphatic heterocycles. The van der Waals surface area contributed by atoms with Crippen LogP contribution in [0.1, 0.15) is 11.1 Å². The summed E-state index contributed by atoms with van der Waals surface area (Å²) in [6.07, 6.45) is 3.75. The molecule has 0 saturated carbocycles. The van der Waals surface area contributed by atoms with E-state index in [-0.39, 0.29) is 18.4 Å². The average molecular weight is 457 g/mol. The second-order valence-corrected chi connectivity index (χ2v) is 7.20. The van der Waals surface area contributed by atoms with E-state index in [0.29, 0.717) is 0 Å². The van der Waals surface area contributed by atoms with E-state index < -0.39 is 0 Å². The first-order chi connectivity index (χ1) is 13.1. The Morgan fingerprint density at radius 1 is 1.00 bits per heavy atom. The van der Waals surface area contributed by atoms with Crippen LogP contribution in [0.3, 0.4) is 0 Å². The van der Waals surface area contributed by atoms with Crippen LogP contribution in [-0.4, -0.2) is 16.7 Å². The number of aromatic nitrogens is 1. The summed E-state index contributed by atoms with van der Waals surface area (Å²) in [5.74, 6) is -0.0630. The minimum atomic E-state index is -0.0630. The molecule has 0 atom stereocenters. The van der Waals surface area contributed by atoms with Crippen LogP contribution in [0.5, 0.6) is 0 Å². The van der Waals surface area contributed by atoms with Gasteiger partial charge in [-0.15, -0.1) is 17.5 Å². The molecule has 1 heterocycles. The van der Waals surface area contributed by atoms with Crippen molar-refractivity contribution in [2.24, 2.45) is 21.7 Å². The van der Waals surface area contributed by atoms with E-state index in [4.69, 9.17) is 11.5 Å². The van der Waals surface area contributed by atoms with E-state index in [1.165, 1.54) is 16.3 Å². The largest absolute Gasteiger partial charge is 0.369 e. The number of rotatable bonds is 4. The highest BCUT2D eigenvalue weighted by molar-refractivity contribution is 9.10. The zero-order chi connectivity index (χ0) is 18.8. The number of halogens is 2. The first kappa shape index (κ1) is 19.9. The number of fused-ring (bicyclic) bond motifs is 2. The van der Waals surface area contributed by atoms with Crippen molar-refractivity contribution in [3.8, 4) is 0 Å². The van der Waals surface area contributed by atoms with Crippen molar-refractivity contribution in [1.29, 1.82) is 0 Å². The molecule has 0 aliphatic rings. The van der Waals surface area contributed by atoms with Crippen molar-refractivity contribution in [2.75, 3.05) is 0 Å². The number of nitrogens with zero attached hydrogens (tertiary/aromatic N) is 3. The number of benzene rings is 3. The molecule has 4 N–H and O–H groups in total. The highest BCUT2D eigenvalue weighted by atomic mass is 79.9. The van der Waals surface area contributed by atoms with Crippen LogP contribution in [0, 0.1) is 0 Å². The average Bonchev–Trinajstić information content (AvgIpc) is 2.98. The predicted octanol–water partition coefficient (Wildman–Crippen LogP) is 4.63. The molecule has 0 unspecified atom stereocenters. The van der Waals surface area contributed by atoms with E-state index in [9.17, 15) is 0 Å². The van der Waals surface area contributed by atoms with Gasteiger partial charge in [-0.1, -0.05) is 58.4 Å². The zero-order valence-corrected chi connectivity index (χ0v) is 17.3. The second kappa shape index (κ2) is 8.46. The van der Waals surface area contributed by atoms with Crippen molar-refractivity contribution in [1.82, 2.24) is 4.57 Å². The van der Waals surface area contributed by atoms with Gasteiger partial charge in [-0.2, -0.15) is 5.10 Å². The van der Waals surface area contributed by atoms with Crippen molar-refractivity contribution < 1.29 is 0 Å². The Morgan fingerprint density at radius 2 is 1.79 bits per heavy atom. The van der Waals surface area contributed by atoms with Crippen molar-refractivity contribution in [2.45, 2.75) is 6.54 Å². The number of hydrogen-bond acceptors (Lipinski definition) is 2. The van der Waals surface area contributed by atoms with Gasteiger partial charge >= 0.3 is 0 Å². The molecule has 142 valence electrons. The van der Waals surface area contributed by atoms with E-state index in [2.05, 4.69) is 91.5 Å². The Kier molecular flexibility index (Phi) is 6.02. The molecule has 4 rings (SSSR count). The molecular weight excluding hydrogens is 438 g/mol. The summed E-state index contributed by atoms with van der Waals surface area (Å²) < 4.78 is 3.23. The van der Waals surface area contributed by atoms with Gasteiger partial charge in [-0.3, -0.25) is 0 Å². The minimum absolute atomic E-state index is 0. The highest BCUT2D eigenvalue weighted by Crippen LogP contribution is 2.27. The van der Waals surface area contributed by atoms with Crippen molar-refractivity contribution in [3.05, 3.63) is 82.5 Å². The van der Waals surface area contributed by atoms with Crippen LogP contribution in [0.15, 0.2) is 81.5 Å². The fraction of sp³-hybridized carbons (Fsp3) is 0.0476. The Hall–Kier alpha value is -2.83. The quantitative estimate of drug-likeness (QED) is 0.266. The zero-order valence-electron chi connectivity index (χ0n) is 14.9. The smallest absolute Gasteiger partial charge is 0.211 e. The first-order valence-electron chi connectivity index (χ1n) is 8.49. The fourth-order valence-electron chi connectivity index (χ4n) is 3.30. The predicted molar refractivity (Wildman–Crippen MR) is 123 cm³/mol. The lowest BCUT2D eigenvalue weighted by atomic mass is 10.0. The fourth-order valence-corrected chi connectivity index (χ4v) is 3.66. The summed E-state index contributed by atoms with van der Waals surface area (Å²) in [5.41, 5.74) is 14.1. The highest BCUT2D eigenvalue weighted by Gasteiger charge is 2.10. The van der Waals surface area contributed by atoms with Crippen molar-refractivity contribution >= 4 is 62.2 Å².